The number of aryl methyl sites for hydroxylation is 2. The second-order valence-corrected chi connectivity index (χ2v) is 4.57. The van der Waals surface area contributed by atoms with Gasteiger partial charge in [-0.1, -0.05) is 11.2 Å². The molecule has 20 heavy (non-hydrogen) atoms. The number of aromatic nitrogens is 1. The van der Waals surface area contributed by atoms with Gasteiger partial charge in [-0.2, -0.15) is 0 Å². The Morgan fingerprint density at radius 1 is 1.45 bits per heavy atom. The number of nitrogens with one attached hydrogen (secondary N) is 1. The number of carbonyl (C=O) groups is 1. The van der Waals surface area contributed by atoms with Gasteiger partial charge in [0.2, 0.25) is 0 Å². The number of amides is 1. The summed E-state index contributed by atoms with van der Waals surface area (Å²) < 4.78 is 18.6. The molecule has 0 unspecified atom stereocenters. The summed E-state index contributed by atoms with van der Waals surface area (Å²) in [5.41, 5.74) is 1.04. The van der Waals surface area contributed by atoms with Crippen molar-refractivity contribution in [1.29, 1.82) is 0 Å². The Bertz CT molecular complexity index is 612. The van der Waals surface area contributed by atoms with Crippen LogP contribution in [0.15, 0.2) is 22.7 Å². The topological polar surface area (TPSA) is 75.4 Å². The van der Waals surface area contributed by atoms with E-state index < -0.39 is 23.5 Å². The monoisotopic (exact) mass is 278 g/mol. The molecule has 0 saturated heterocycles. The fraction of sp³-hybridized carbons (Fsp3) is 0.286. The van der Waals surface area contributed by atoms with Crippen molar-refractivity contribution in [3.05, 3.63) is 46.6 Å². The minimum atomic E-state index is -0.770. The van der Waals surface area contributed by atoms with Gasteiger partial charge in [-0.15, -0.1) is 0 Å². The van der Waals surface area contributed by atoms with Crippen LogP contribution in [-0.2, 0) is 0 Å². The summed E-state index contributed by atoms with van der Waals surface area (Å²) in [6.07, 6.45) is 0. The fourth-order valence-electron chi connectivity index (χ4n) is 2.19. The predicted molar refractivity (Wildman–Crippen MR) is 69.9 cm³/mol. The van der Waals surface area contributed by atoms with Crippen molar-refractivity contribution in [2.45, 2.75) is 26.8 Å². The Balaban J connectivity index is 2.24. The second-order valence-electron chi connectivity index (χ2n) is 4.57. The lowest BCUT2D eigenvalue weighted by Gasteiger charge is -2.14. The average molecular weight is 278 g/mol. The third-order valence-corrected chi connectivity index (χ3v) is 3.09. The quantitative estimate of drug-likeness (QED) is 0.905. The first kappa shape index (κ1) is 14.0. The molecule has 1 aromatic heterocycles. The second kappa shape index (κ2) is 5.32. The van der Waals surface area contributed by atoms with E-state index in [2.05, 4.69) is 10.5 Å². The molecule has 1 aromatic carbocycles. The summed E-state index contributed by atoms with van der Waals surface area (Å²) in [6, 6.07) is 3.31. The Morgan fingerprint density at radius 3 is 2.70 bits per heavy atom. The highest BCUT2D eigenvalue weighted by atomic mass is 19.1. The van der Waals surface area contributed by atoms with E-state index in [0.717, 1.165) is 11.6 Å². The molecule has 0 radical (unpaired) electrons. The molecular formula is C14H15FN2O3. The molecule has 1 amide bonds. The summed E-state index contributed by atoms with van der Waals surface area (Å²) in [4.78, 5) is 12.1. The number of aromatic hydroxyl groups is 1. The van der Waals surface area contributed by atoms with Gasteiger partial charge in [0.1, 0.15) is 22.9 Å². The van der Waals surface area contributed by atoms with E-state index >= 15 is 0 Å². The van der Waals surface area contributed by atoms with Gasteiger partial charge in [-0.05, 0) is 32.9 Å². The first-order valence-electron chi connectivity index (χ1n) is 6.13. The smallest absolute Gasteiger partial charge is 0.258 e. The van der Waals surface area contributed by atoms with Crippen LogP contribution in [0, 0.1) is 19.7 Å². The van der Waals surface area contributed by atoms with Crippen molar-refractivity contribution in [1.82, 2.24) is 10.5 Å². The Morgan fingerprint density at radius 2 is 2.15 bits per heavy atom. The Hall–Kier alpha value is -2.37. The zero-order chi connectivity index (χ0) is 14.9. The number of hydrogen-bond acceptors (Lipinski definition) is 4. The van der Waals surface area contributed by atoms with Gasteiger partial charge in [0.15, 0.2) is 0 Å². The largest absolute Gasteiger partial charge is 0.507 e. The first-order chi connectivity index (χ1) is 9.41. The highest BCUT2D eigenvalue weighted by Crippen LogP contribution is 2.24. The van der Waals surface area contributed by atoms with Crippen molar-refractivity contribution in [3.8, 4) is 5.75 Å². The van der Waals surface area contributed by atoms with Crippen LogP contribution in [0.4, 0.5) is 4.39 Å². The molecule has 6 heteroatoms. The maximum atomic E-state index is 13.6. The third kappa shape index (κ3) is 2.49. The lowest BCUT2D eigenvalue weighted by Crippen LogP contribution is -2.28. The molecule has 5 nitrogen and oxygen atoms in total. The SMILES string of the molecule is Cc1noc(C)c1[C@H](C)NC(=O)c1c(O)cccc1F. The van der Waals surface area contributed by atoms with Gasteiger partial charge < -0.3 is 14.9 Å². The first-order valence-corrected chi connectivity index (χ1v) is 6.13. The van der Waals surface area contributed by atoms with Crippen molar-refractivity contribution in [3.63, 3.8) is 0 Å². The highest BCUT2D eigenvalue weighted by molar-refractivity contribution is 5.97. The molecule has 106 valence electrons. The minimum Gasteiger partial charge on any atom is -0.507 e. The maximum absolute atomic E-state index is 13.6. The van der Waals surface area contributed by atoms with E-state index in [1.54, 1.807) is 20.8 Å². The van der Waals surface area contributed by atoms with E-state index in [0.29, 0.717) is 11.5 Å². The predicted octanol–water partition coefficient (Wildman–Crippen LogP) is 2.63. The van der Waals surface area contributed by atoms with Crippen molar-refractivity contribution in [2.75, 3.05) is 0 Å². The molecule has 0 saturated carbocycles. The molecule has 0 spiro atoms. The van der Waals surface area contributed by atoms with Crippen LogP contribution >= 0.6 is 0 Å². The van der Waals surface area contributed by atoms with Crippen LogP contribution < -0.4 is 5.32 Å². The van der Waals surface area contributed by atoms with E-state index in [9.17, 15) is 14.3 Å². The number of benzene rings is 1. The normalized spacial score (nSPS) is 12.2. The van der Waals surface area contributed by atoms with Gasteiger partial charge in [0.25, 0.3) is 5.91 Å². The van der Waals surface area contributed by atoms with Gasteiger partial charge in [-0.3, -0.25) is 4.79 Å². The van der Waals surface area contributed by atoms with Crippen molar-refractivity contribution < 1.29 is 18.8 Å². The molecule has 0 aliphatic heterocycles. The van der Waals surface area contributed by atoms with Gasteiger partial charge in [0, 0.05) is 5.56 Å². The molecule has 0 aliphatic carbocycles. The number of hydrogen-bond donors (Lipinski definition) is 2. The lowest BCUT2D eigenvalue weighted by molar-refractivity contribution is 0.0932. The number of halogens is 1. The van der Waals surface area contributed by atoms with Crippen LogP contribution in [0.3, 0.4) is 0 Å². The number of nitrogens with zero attached hydrogens (tertiary/aromatic N) is 1. The Labute approximate surface area is 115 Å². The van der Waals surface area contributed by atoms with E-state index in [1.807, 2.05) is 0 Å². The van der Waals surface area contributed by atoms with E-state index in [-0.39, 0.29) is 5.56 Å². The molecule has 1 atom stereocenters. The standard InChI is InChI=1S/C14H15FN2O3/c1-7(12-8(2)17-20-9(12)3)16-14(19)13-10(15)5-4-6-11(13)18/h4-7,18H,1-3H3,(H,16,19)/t7-/m0/s1. The molecule has 0 bridgehead atoms. The molecule has 2 N–H and O–H groups in total. The van der Waals surface area contributed by atoms with Crippen LogP contribution in [0.5, 0.6) is 5.75 Å². The molecule has 2 aromatic rings. The summed E-state index contributed by atoms with van der Waals surface area (Å²) in [5, 5.41) is 16.0. The van der Waals surface area contributed by atoms with Gasteiger partial charge >= 0.3 is 0 Å². The molecule has 2 rings (SSSR count). The molecule has 0 fully saturated rings. The van der Waals surface area contributed by atoms with Crippen molar-refractivity contribution >= 4 is 5.91 Å². The molecule has 1 heterocycles. The number of rotatable bonds is 3. The summed E-state index contributed by atoms with van der Waals surface area (Å²) >= 11 is 0. The highest BCUT2D eigenvalue weighted by Gasteiger charge is 2.22. The van der Waals surface area contributed by atoms with Crippen LogP contribution in [0.2, 0.25) is 0 Å². The minimum absolute atomic E-state index is 0.369. The average Bonchev–Trinajstić information content (AvgIpc) is 2.68. The van der Waals surface area contributed by atoms with E-state index in [4.69, 9.17) is 4.52 Å². The van der Waals surface area contributed by atoms with Gasteiger partial charge in [0.05, 0.1) is 11.7 Å². The fourth-order valence-corrected chi connectivity index (χ4v) is 2.19. The summed E-state index contributed by atoms with van der Waals surface area (Å²) in [6.45, 7) is 5.23. The Kier molecular flexibility index (Phi) is 3.74. The van der Waals surface area contributed by atoms with E-state index in [1.165, 1.54) is 12.1 Å². The zero-order valence-corrected chi connectivity index (χ0v) is 11.4. The number of phenolic OH excluding ortho intramolecular Hbond substituents is 1. The van der Waals surface area contributed by atoms with Crippen molar-refractivity contribution in [2.24, 2.45) is 0 Å². The third-order valence-electron chi connectivity index (χ3n) is 3.09. The lowest BCUT2D eigenvalue weighted by atomic mass is 10.1. The number of carbonyl (C=O) groups excluding carboxylic acids is 1. The zero-order valence-electron chi connectivity index (χ0n) is 11.4. The summed E-state index contributed by atoms with van der Waals surface area (Å²) in [5.74, 6) is -1.26. The maximum Gasteiger partial charge on any atom is 0.258 e. The van der Waals surface area contributed by atoms with Crippen LogP contribution in [-0.4, -0.2) is 16.2 Å². The van der Waals surface area contributed by atoms with Gasteiger partial charge in [-0.25, -0.2) is 4.39 Å². The molecular weight excluding hydrogens is 263 g/mol. The summed E-state index contributed by atoms with van der Waals surface area (Å²) in [7, 11) is 0. The number of phenols is 1. The van der Waals surface area contributed by atoms with Crippen LogP contribution in [0.25, 0.3) is 0 Å². The van der Waals surface area contributed by atoms with Crippen LogP contribution in [0.1, 0.15) is 40.3 Å². The molecule has 0 aliphatic rings.